The molecule has 2 amide bonds. The van der Waals surface area contributed by atoms with Gasteiger partial charge >= 0.3 is 6.03 Å². The highest BCUT2D eigenvalue weighted by Gasteiger charge is 2.15. The van der Waals surface area contributed by atoms with E-state index in [1.54, 1.807) is 18.3 Å². The van der Waals surface area contributed by atoms with Crippen LogP contribution in [0.3, 0.4) is 0 Å². The maximum atomic E-state index is 12.0. The highest BCUT2D eigenvalue weighted by molar-refractivity contribution is 7.11. The van der Waals surface area contributed by atoms with Crippen LogP contribution in [0.25, 0.3) is 0 Å². The quantitative estimate of drug-likeness (QED) is 0.687. The number of amides is 2. The van der Waals surface area contributed by atoms with Crippen LogP contribution >= 0.6 is 11.3 Å². The van der Waals surface area contributed by atoms with Crippen molar-refractivity contribution in [2.45, 2.75) is 38.7 Å². The predicted molar refractivity (Wildman–Crippen MR) is 97.4 cm³/mol. The van der Waals surface area contributed by atoms with Gasteiger partial charge in [-0.05, 0) is 25.8 Å². The highest BCUT2D eigenvalue weighted by Crippen LogP contribution is 2.20. The first-order valence-electron chi connectivity index (χ1n) is 8.20. The molecule has 0 aliphatic carbocycles. The Morgan fingerprint density at radius 3 is 2.67 bits per heavy atom. The Morgan fingerprint density at radius 1 is 1.29 bits per heavy atom. The van der Waals surface area contributed by atoms with E-state index >= 15 is 0 Å². The SMILES string of the molecule is Cc1cnc(CCNC(=O)NCC(CC(C)O)c2ccccc2)s1. The molecule has 0 bridgehead atoms. The summed E-state index contributed by atoms with van der Waals surface area (Å²) < 4.78 is 0. The Morgan fingerprint density at radius 2 is 2.04 bits per heavy atom. The monoisotopic (exact) mass is 347 g/mol. The number of aromatic nitrogens is 1. The number of rotatable bonds is 8. The number of hydrogen-bond donors (Lipinski definition) is 3. The number of carbonyl (C=O) groups is 1. The van der Waals surface area contributed by atoms with E-state index in [0.29, 0.717) is 19.5 Å². The van der Waals surface area contributed by atoms with Gasteiger partial charge in [0.1, 0.15) is 0 Å². The minimum Gasteiger partial charge on any atom is -0.393 e. The molecule has 0 saturated heterocycles. The van der Waals surface area contributed by atoms with Crippen LogP contribution in [0.15, 0.2) is 36.5 Å². The van der Waals surface area contributed by atoms with Crippen LogP contribution in [0.1, 0.15) is 34.7 Å². The molecule has 2 unspecified atom stereocenters. The summed E-state index contributed by atoms with van der Waals surface area (Å²) in [5.74, 6) is 0.0959. The summed E-state index contributed by atoms with van der Waals surface area (Å²) >= 11 is 1.65. The van der Waals surface area contributed by atoms with E-state index in [1.807, 2.05) is 43.5 Å². The second-order valence-electron chi connectivity index (χ2n) is 5.94. The van der Waals surface area contributed by atoms with Crippen LogP contribution in [0.4, 0.5) is 4.79 Å². The van der Waals surface area contributed by atoms with Crippen molar-refractivity contribution in [2.75, 3.05) is 13.1 Å². The van der Waals surface area contributed by atoms with Crippen LogP contribution in [0.2, 0.25) is 0 Å². The summed E-state index contributed by atoms with van der Waals surface area (Å²) in [5.41, 5.74) is 1.12. The number of aliphatic hydroxyl groups excluding tert-OH is 1. The van der Waals surface area contributed by atoms with Gasteiger partial charge < -0.3 is 15.7 Å². The van der Waals surface area contributed by atoms with Gasteiger partial charge in [0.2, 0.25) is 0 Å². The maximum Gasteiger partial charge on any atom is 0.314 e. The van der Waals surface area contributed by atoms with E-state index < -0.39 is 6.10 Å². The van der Waals surface area contributed by atoms with Crippen molar-refractivity contribution in [2.24, 2.45) is 0 Å². The molecular weight excluding hydrogens is 322 g/mol. The fourth-order valence-electron chi connectivity index (χ4n) is 2.55. The van der Waals surface area contributed by atoms with Crippen LogP contribution in [-0.4, -0.2) is 35.3 Å². The molecule has 0 radical (unpaired) electrons. The molecule has 0 aliphatic heterocycles. The van der Waals surface area contributed by atoms with E-state index in [2.05, 4.69) is 15.6 Å². The van der Waals surface area contributed by atoms with E-state index in [-0.39, 0.29) is 11.9 Å². The smallest absolute Gasteiger partial charge is 0.314 e. The van der Waals surface area contributed by atoms with Gasteiger partial charge in [-0.1, -0.05) is 30.3 Å². The average molecular weight is 347 g/mol. The summed E-state index contributed by atoms with van der Waals surface area (Å²) in [6.07, 6.45) is 2.79. The number of nitrogens with one attached hydrogen (secondary N) is 2. The van der Waals surface area contributed by atoms with Crippen molar-refractivity contribution in [3.63, 3.8) is 0 Å². The zero-order valence-corrected chi connectivity index (χ0v) is 15.0. The summed E-state index contributed by atoms with van der Waals surface area (Å²) in [7, 11) is 0. The molecule has 5 nitrogen and oxygen atoms in total. The molecule has 3 N–H and O–H groups in total. The number of hydrogen-bond acceptors (Lipinski definition) is 4. The molecule has 0 fully saturated rings. The molecule has 0 spiro atoms. The minimum absolute atomic E-state index is 0.0959. The molecule has 1 aromatic heterocycles. The van der Waals surface area contributed by atoms with Gasteiger partial charge in [0, 0.05) is 36.5 Å². The Bertz CT molecular complexity index is 628. The third-order valence-electron chi connectivity index (χ3n) is 3.70. The highest BCUT2D eigenvalue weighted by atomic mass is 32.1. The zero-order chi connectivity index (χ0) is 17.4. The van der Waals surface area contributed by atoms with Crippen LogP contribution < -0.4 is 10.6 Å². The van der Waals surface area contributed by atoms with Crippen LogP contribution in [-0.2, 0) is 6.42 Å². The van der Waals surface area contributed by atoms with Gasteiger partial charge in [-0.15, -0.1) is 11.3 Å². The summed E-state index contributed by atoms with van der Waals surface area (Å²) in [5, 5.41) is 16.5. The third kappa shape index (κ3) is 6.29. The summed E-state index contributed by atoms with van der Waals surface area (Å²) in [6.45, 7) is 4.85. The Kier molecular flexibility index (Phi) is 7.21. The van der Waals surface area contributed by atoms with Crippen LogP contribution in [0.5, 0.6) is 0 Å². The molecule has 130 valence electrons. The standard InChI is InChI=1S/C18H25N3O2S/c1-13(22)10-16(15-6-4-3-5-7-15)12-21-18(23)19-9-8-17-20-11-14(2)24-17/h3-7,11,13,16,22H,8-10,12H2,1-2H3,(H2,19,21,23). The summed E-state index contributed by atoms with van der Waals surface area (Å²) in [6, 6.07) is 9.77. The normalized spacial score (nSPS) is 13.3. The number of aryl methyl sites for hydroxylation is 1. The van der Waals surface area contributed by atoms with Gasteiger partial charge in [-0.25, -0.2) is 9.78 Å². The molecule has 2 atom stereocenters. The minimum atomic E-state index is -0.409. The predicted octanol–water partition coefficient (Wildman–Crippen LogP) is 2.85. The first-order valence-corrected chi connectivity index (χ1v) is 9.02. The molecule has 2 rings (SSSR count). The Hall–Kier alpha value is -1.92. The first kappa shape index (κ1) is 18.4. The van der Waals surface area contributed by atoms with Crippen molar-refractivity contribution < 1.29 is 9.90 Å². The Labute approximate surface area is 147 Å². The van der Waals surface area contributed by atoms with Crippen LogP contribution in [0, 0.1) is 6.92 Å². The van der Waals surface area contributed by atoms with Crippen molar-refractivity contribution >= 4 is 17.4 Å². The molecule has 24 heavy (non-hydrogen) atoms. The van der Waals surface area contributed by atoms with E-state index in [9.17, 15) is 9.90 Å². The Balaban J connectivity index is 1.77. The number of aliphatic hydroxyl groups is 1. The second kappa shape index (κ2) is 9.39. The number of nitrogens with zero attached hydrogens (tertiary/aromatic N) is 1. The van der Waals surface area contributed by atoms with E-state index in [1.165, 1.54) is 4.88 Å². The van der Waals surface area contributed by atoms with Crippen molar-refractivity contribution in [1.82, 2.24) is 15.6 Å². The molecule has 0 saturated carbocycles. The lowest BCUT2D eigenvalue weighted by atomic mass is 9.93. The lowest BCUT2D eigenvalue weighted by Gasteiger charge is -2.19. The molecule has 1 heterocycles. The second-order valence-corrected chi connectivity index (χ2v) is 7.26. The van der Waals surface area contributed by atoms with Gasteiger partial charge in [-0.2, -0.15) is 0 Å². The van der Waals surface area contributed by atoms with Gasteiger partial charge in [0.15, 0.2) is 0 Å². The number of benzene rings is 1. The molecular formula is C18H25N3O2S. The van der Waals surface area contributed by atoms with Crippen molar-refractivity contribution in [3.05, 3.63) is 52.0 Å². The zero-order valence-electron chi connectivity index (χ0n) is 14.2. The van der Waals surface area contributed by atoms with Gasteiger partial charge in [0.25, 0.3) is 0 Å². The average Bonchev–Trinajstić information content (AvgIpc) is 2.97. The fraction of sp³-hybridized carbons (Fsp3) is 0.444. The maximum absolute atomic E-state index is 12.0. The van der Waals surface area contributed by atoms with E-state index in [0.717, 1.165) is 17.0 Å². The first-order chi connectivity index (χ1) is 11.5. The van der Waals surface area contributed by atoms with Gasteiger partial charge in [0.05, 0.1) is 11.1 Å². The number of thiazole rings is 1. The van der Waals surface area contributed by atoms with E-state index in [4.69, 9.17) is 0 Å². The lowest BCUT2D eigenvalue weighted by molar-refractivity contribution is 0.173. The number of urea groups is 1. The fourth-order valence-corrected chi connectivity index (χ4v) is 3.34. The summed E-state index contributed by atoms with van der Waals surface area (Å²) in [4.78, 5) is 17.4. The molecule has 1 aromatic carbocycles. The molecule has 6 heteroatoms. The van der Waals surface area contributed by atoms with Crippen molar-refractivity contribution in [3.8, 4) is 0 Å². The van der Waals surface area contributed by atoms with Gasteiger partial charge in [-0.3, -0.25) is 0 Å². The van der Waals surface area contributed by atoms with Crippen molar-refractivity contribution in [1.29, 1.82) is 0 Å². The molecule has 0 aliphatic rings. The largest absolute Gasteiger partial charge is 0.393 e. The third-order valence-corrected chi connectivity index (χ3v) is 4.67. The topological polar surface area (TPSA) is 74.2 Å². The molecule has 2 aromatic rings. The lowest BCUT2D eigenvalue weighted by Crippen LogP contribution is -2.39. The number of carbonyl (C=O) groups excluding carboxylic acids is 1.